The van der Waals surface area contributed by atoms with Crippen LogP contribution in [-0.4, -0.2) is 52.7 Å². The van der Waals surface area contributed by atoms with Crippen LogP contribution in [0.25, 0.3) is 21.9 Å². The number of carbonyl (C=O) groups is 1. The molecule has 0 spiro atoms. The fraction of sp³-hybridized carbons (Fsp3) is 0.333. The molecule has 0 unspecified atom stereocenters. The quantitative estimate of drug-likeness (QED) is 0.542. The SMILES string of the molecule is COc1ccc2c(cc(C(=O)N3CCC[C@H](c4cc5ncccc5[nH]4)C3)n2C)c1OC. The summed E-state index contributed by atoms with van der Waals surface area (Å²) < 4.78 is 12.9. The maximum Gasteiger partial charge on any atom is 0.270 e. The summed E-state index contributed by atoms with van der Waals surface area (Å²) in [5.74, 6) is 1.62. The van der Waals surface area contributed by atoms with Crippen molar-refractivity contribution in [3.8, 4) is 11.5 Å². The minimum Gasteiger partial charge on any atom is -0.493 e. The van der Waals surface area contributed by atoms with Gasteiger partial charge in [0.15, 0.2) is 11.5 Å². The summed E-state index contributed by atoms with van der Waals surface area (Å²) in [7, 11) is 5.16. The first-order valence-corrected chi connectivity index (χ1v) is 10.5. The number of hydrogen-bond donors (Lipinski definition) is 1. The lowest BCUT2D eigenvalue weighted by Crippen LogP contribution is -2.39. The molecular weight excluding hydrogens is 392 g/mol. The first kappa shape index (κ1) is 19.5. The number of pyridine rings is 1. The van der Waals surface area contributed by atoms with Crippen LogP contribution in [0.1, 0.15) is 34.9 Å². The number of nitrogens with zero attached hydrogens (tertiary/aromatic N) is 3. The fourth-order valence-electron chi connectivity index (χ4n) is 4.72. The Hall–Kier alpha value is -3.48. The van der Waals surface area contributed by atoms with E-state index in [4.69, 9.17) is 9.47 Å². The van der Waals surface area contributed by atoms with Gasteiger partial charge in [-0.25, -0.2) is 0 Å². The lowest BCUT2D eigenvalue weighted by molar-refractivity contribution is 0.0697. The molecule has 0 saturated carbocycles. The van der Waals surface area contributed by atoms with E-state index in [1.54, 1.807) is 20.4 Å². The van der Waals surface area contributed by atoms with Crippen LogP contribution in [-0.2, 0) is 7.05 Å². The number of aromatic amines is 1. The molecule has 0 radical (unpaired) electrons. The molecule has 4 heterocycles. The van der Waals surface area contributed by atoms with Gasteiger partial charge in [0, 0.05) is 43.3 Å². The molecule has 1 aromatic carbocycles. The molecule has 1 saturated heterocycles. The van der Waals surface area contributed by atoms with Gasteiger partial charge in [0.2, 0.25) is 0 Å². The highest BCUT2D eigenvalue weighted by atomic mass is 16.5. The van der Waals surface area contributed by atoms with Gasteiger partial charge in [0.1, 0.15) is 5.69 Å². The van der Waals surface area contributed by atoms with E-state index < -0.39 is 0 Å². The number of amides is 1. The molecule has 4 aromatic rings. The van der Waals surface area contributed by atoms with E-state index in [1.165, 1.54) is 0 Å². The van der Waals surface area contributed by atoms with E-state index in [1.807, 2.05) is 46.8 Å². The summed E-state index contributed by atoms with van der Waals surface area (Å²) in [6.45, 7) is 1.45. The topological polar surface area (TPSA) is 72.4 Å². The zero-order chi connectivity index (χ0) is 21.5. The van der Waals surface area contributed by atoms with Crippen LogP contribution in [0.3, 0.4) is 0 Å². The Kier molecular flexibility index (Phi) is 4.81. The summed E-state index contributed by atoms with van der Waals surface area (Å²) in [5.41, 5.74) is 4.75. The van der Waals surface area contributed by atoms with Crippen molar-refractivity contribution in [2.75, 3.05) is 27.3 Å². The van der Waals surface area contributed by atoms with E-state index >= 15 is 0 Å². The number of methoxy groups -OCH3 is 2. The van der Waals surface area contributed by atoms with Crippen LogP contribution >= 0.6 is 0 Å². The van der Waals surface area contributed by atoms with Crippen molar-refractivity contribution in [2.45, 2.75) is 18.8 Å². The van der Waals surface area contributed by atoms with Gasteiger partial charge in [0.05, 0.1) is 30.8 Å². The number of ether oxygens (including phenoxy) is 2. The van der Waals surface area contributed by atoms with E-state index in [2.05, 4.69) is 16.0 Å². The predicted octanol–water partition coefficient (Wildman–Crippen LogP) is 4.09. The highest BCUT2D eigenvalue weighted by molar-refractivity contribution is 6.01. The first-order valence-electron chi connectivity index (χ1n) is 10.5. The average Bonchev–Trinajstić information content (AvgIpc) is 3.39. The zero-order valence-electron chi connectivity index (χ0n) is 18.0. The van der Waals surface area contributed by atoms with Gasteiger partial charge in [0.25, 0.3) is 5.91 Å². The Labute approximate surface area is 180 Å². The first-order chi connectivity index (χ1) is 15.1. The molecule has 1 aliphatic heterocycles. The van der Waals surface area contributed by atoms with Crippen LogP contribution in [0.4, 0.5) is 0 Å². The molecule has 7 nitrogen and oxygen atoms in total. The van der Waals surface area contributed by atoms with Gasteiger partial charge in [-0.2, -0.15) is 0 Å². The second kappa shape index (κ2) is 7.65. The van der Waals surface area contributed by atoms with Crippen LogP contribution in [0.2, 0.25) is 0 Å². The van der Waals surface area contributed by atoms with Crippen molar-refractivity contribution in [1.29, 1.82) is 0 Å². The molecule has 0 aliphatic carbocycles. The maximum absolute atomic E-state index is 13.5. The van der Waals surface area contributed by atoms with Crippen LogP contribution in [0.5, 0.6) is 11.5 Å². The normalized spacial score (nSPS) is 16.7. The number of fused-ring (bicyclic) bond motifs is 2. The van der Waals surface area contributed by atoms with Gasteiger partial charge in [-0.15, -0.1) is 0 Å². The second-order valence-corrected chi connectivity index (χ2v) is 8.07. The van der Waals surface area contributed by atoms with Crippen LogP contribution in [0.15, 0.2) is 42.6 Å². The Balaban J connectivity index is 1.45. The number of piperidine rings is 1. The van der Waals surface area contributed by atoms with E-state index in [9.17, 15) is 4.79 Å². The van der Waals surface area contributed by atoms with Crippen molar-refractivity contribution in [1.82, 2.24) is 19.4 Å². The lowest BCUT2D eigenvalue weighted by Gasteiger charge is -2.32. The Morgan fingerprint density at radius 3 is 2.84 bits per heavy atom. The third-order valence-electron chi connectivity index (χ3n) is 6.34. The fourth-order valence-corrected chi connectivity index (χ4v) is 4.72. The summed E-state index contributed by atoms with van der Waals surface area (Å²) in [6.07, 6.45) is 3.83. The number of carbonyl (C=O) groups excluding carboxylic acids is 1. The van der Waals surface area contributed by atoms with Crippen molar-refractivity contribution in [3.05, 3.63) is 54.0 Å². The monoisotopic (exact) mass is 418 g/mol. The molecule has 7 heteroatoms. The van der Waals surface area contributed by atoms with Crippen LogP contribution < -0.4 is 9.47 Å². The molecule has 1 fully saturated rings. The number of aromatic nitrogens is 3. The highest BCUT2D eigenvalue weighted by Gasteiger charge is 2.29. The number of benzene rings is 1. The van der Waals surface area contributed by atoms with Gasteiger partial charge in [-0.05, 0) is 49.2 Å². The van der Waals surface area contributed by atoms with E-state index in [0.29, 0.717) is 23.7 Å². The van der Waals surface area contributed by atoms with Crippen molar-refractivity contribution < 1.29 is 14.3 Å². The number of likely N-dealkylation sites (tertiary alicyclic amines) is 1. The summed E-state index contributed by atoms with van der Waals surface area (Å²) >= 11 is 0. The van der Waals surface area contributed by atoms with Gasteiger partial charge in [-0.1, -0.05) is 0 Å². The minimum atomic E-state index is 0.0404. The zero-order valence-corrected chi connectivity index (χ0v) is 18.0. The predicted molar refractivity (Wildman–Crippen MR) is 120 cm³/mol. The van der Waals surface area contributed by atoms with Gasteiger partial charge in [-0.3, -0.25) is 9.78 Å². The molecule has 31 heavy (non-hydrogen) atoms. The molecule has 1 aliphatic rings. The number of H-pyrrole nitrogens is 1. The number of nitrogens with one attached hydrogen (secondary N) is 1. The Bertz CT molecular complexity index is 1240. The molecular formula is C24H26N4O3. The van der Waals surface area contributed by atoms with Crippen molar-refractivity contribution >= 4 is 27.8 Å². The molecule has 1 amide bonds. The van der Waals surface area contributed by atoms with Gasteiger partial charge < -0.3 is 23.9 Å². The van der Waals surface area contributed by atoms with E-state index in [-0.39, 0.29) is 11.8 Å². The van der Waals surface area contributed by atoms with E-state index in [0.717, 1.165) is 47.0 Å². The Morgan fingerprint density at radius 1 is 1.19 bits per heavy atom. The second-order valence-electron chi connectivity index (χ2n) is 8.07. The smallest absolute Gasteiger partial charge is 0.270 e. The lowest BCUT2D eigenvalue weighted by atomic mass is 9.94. The third-order valence-corrected chi connectivity index (χ3v) is 6.34. The van der Waals surface area contributed by atoms with Gasteiger partial charge >= 0.3 is 0 Å². The standard InChI is InChI=1S/C24H26N4O3/c1-27-20-8-9-22(30-2)23(31-3)16(20)12-21(27)24(29)28-11-5-6-15(14-28)18-13-19-17(26-18)7-4-10-25-19/h4,7-10,12-13,15,26H,5-6,11,14H2,1-3H3/t15-/m0/s1. The molecule has 1 N–H and O–H groups in total. The summed E-state index contributed by atoms with van der Waals surface area (Å²) in [5, 5.41) is 0.878. The largest absolute Gasteiger partial charge is 0.493 e. The molecule has 3 aromatic heterocycles. The summed E-state index contributed by atoms with van der Waals surface area (Å²) in [6, 6.07) is 11.8. The summed E-state index contributed by atoms with van der Waals surface area (Å²) in [4.78, 5) is 23.4. The number of aryl methyl sites for hydroxylation is 1. The molecule has 160 valence electrons. The van der Waals surface area contributed by atoms with Crippen LogP contribution in [0, 0.1) is 0 Å². The molecule has 1 atom stereocenters. The maximum atomic E-state index is 13.5. The number of rotatable bonds is 4. The average molecular weight is 418 g/mol. The Morgan fingerprint density at radius 2 is 2.06 bits per heavy atom. The molecule has 0 bridgehead atoms. The van der Waals surface area contributed by atoms with Crippen molar-refractivity contribution in [3.63, 3.8) is 0 Å². The molecule has 5 rings (SSSR count). The number of hydrogen-bond acceptors (Lipinski definition) is 4. The highest BCUT2D eigenvalue weighted by Crippen LogP contribution is 2.37. The van der Waals surface area contributed by atoms with Crippen molar-refractivity contribution in [2.24, 2.45) is 7.05 Å². The third kappa shape index (κ3) is 3.21. The minimum absolute atomic E-state index is 0.0404.